The molecule has 0 radical (unpaired) electrons. The van der Waals surface area contributed by atoms with Crippen molar-refractivity contribution in [2.45, 2.75) is 220 Å². The van der Waals surface area contributed by atoms with Crippen LogP contribution in [0.3, 0.4) is 0 Å². The van der Waals surface area contributed by atoms with Gasteiger partial charge in [-0.15, -0.1) is 0 Å². The van der Waals surface area contributed by atoms with Crippen molar-refractivity contribution in [1.82, 2.24) is 10.6 Å². The molecule has 35 heteroatoms. The molecule has 0 aromatic carbocycles. The standard InChI is InChI=1S/C52H72N2O33/c1-19(55)53-37-43(74-26(8)62)39(33(15-69-21(3)57)81-49(37)80-32(14)68)85-50-38(54-20(2)56)44(75-27(9)63)40(34(82-50)16-70-22(4)58)86-51-48(79-31(13)67)46(77-29(11)65)42(36(84-51)18-72-24(6)60)87-52-47(78-30(12)66)45(76-28(10)64)41(73-25(7)61)35(83-52)17-71-23(5)59/h33-52H,15-18H2,1-14H3,(H,53,55)(H,54,56)/t33-,34-,35-,36-,37-,38-,39-,40-,41+,42-,43-,44-,45+,46+,47-,48-,49?,50+,51+,52+/m1/s1. The van der Waals surface area contributed by atoms with E-state index in [0.29, 0.717) is 0 Å². The van der Waals surface area contributed by atoms with Crippen LogP contribution in [0.4, 0.5) is 0 Å². The summed E-state index contributed by atoms with van der Waals surface area (Å²) in [6, 6.07) is -3.46. The fourth-order valence-corrected chi connectivity index (χ4v) is 9.51. The molecule has 0 aliphatic carbocycles. The number of amides is 2. The predicted molar refractivity (Wildman–Crippen MR) is 272 cm³/mol. The summed E-state index contributed by atoms with van der Waals surface area (Å²) in [6.07, 6.45) is -34.2. The fourth-order valence-electron chi connectivity index (χ4n) is 9.51. The Hall–Kier alpha value is -7.70. The first-order valence-electron chi connectivity index (χ1n) is 26.7. The van der Waals surface area contributed by atoms with E-state index in [2.05, 4.69) is 10.6 Å². The zero-order valence-electron chi connectivity index (χ0n) is 49.8. The number of carbonyl (C=O) groups is 14. The number of ether oxygens (including phenoxy) is 19. The number of esters is 12. The van der Waals surface area contributed by atoms with Crippen molar-refractivity contribution in [1.29, 1.82) is 0 Å². The average Bonchev–Trinajstić information content (AvgIpc) is 1.21. The highest BCUT2D eigenvalue weighted by molar-refractivity contribution is 5.75. The molecule has 35 nitrogen and oxygen atoms in total. The Bertz CT molecular complexity index is 2540. The molecule has 2 N–H and O–H groups in total. The van der Waals surface area contributed by atoms with Crippen molar-refractivity contribution in [2.24, 2.45) is 0 Å². The van der Waals surface area contributed by atoms with E-state index in [1.165, 1.54) is 0 Å². The van der Waals surface area contributed by atoms with Gasteiger partial charge in [0.1, 0.15) is 81.2 Å². The minimum absolute atomic E-state index is 0.744. The summed E-state index contributed by atoms with van der Waals surface area (Å²) in [5.41, 5.74) is 0. The lowest BCUT2D eigenvalue weighted by atomic mass is 9.93. The molecule has 0 saturated carbocycles. The molecule has 4 rings (SSSR count). The van der Waals surface area contributed by atoms with Crippen LogP contribution in [0.2, 0.25) is 0 Å². The monoisotopic (exact) mass is 1250 g/mol. The van der Waals surface area contributed by atoms with Crippen LogP contribution in [0.1, 0.15) is 96.9 Å². The smallest absolute Gasteiger partial charge is 0.305 e. The zero-order valence-corrected chi connectivity index (χ0v) is 49.8. The van der Waals surface area contributed by atoms with Crippen LogP contribution >= 0.6 is 0 Å². The molecular weight excluding hydrogens is 1180 g/mol. The van der Waals surface area contributed by atoms with Crippen molar-refractivity contribution < 1.29 is 157 Å². The normalized spacial score (nSPS) is 31.9. The van der Waals surface area contributed by atoms with Crippen LogP contribution < -0.4 is 10.6 Å². The molecule has 0 aromatic rings. The van der Waals surface area contributed by atoms with Gasteiger partial charge in [0.15, 0.2) is 61.6 Å². The van der Waals surface area contributed by atoms with Crippen molar-refractivity contribution in [3.63, 3.8) is 0 Å². The van der Waals surface area contributed by atoms with E-state index in [0.717, 1.165) is 96.9 Å². The van der Waals surface area contributed by atoms with E-state index in [4.69, 9.17) is 90.0 Å². The van der Waals surface area contributed by atoms with Gasteiger partial charge in [-0.1, -0.05) is 0 Å². The molecule has 87 heavy (non-hydrogen) atoms. The number of hydrogen-bond donors (Lipinski definition) is 2. The Morgan fingerprint density at radius 1 is 0.253 bits per heavy atom. The van der Waals surface area contributed by atoms with E-state index < -0.39 is 233 Å². The highest BCUT2D eigenvalue weighted by Gasteiger charge is 2.61. The van der Waals surface area contributed by atoms with E-state index in [1.807, 2.05) is 0 Å². The number of carbonyl (C=O) groups excluding carboxylic acids is 14. The van der Waals surface area contributed by atoms with E-state index >= 15 is 0 Å². The van der Waals surface area contributed by atoms with Crippen LogP contribution in [0.25, 0.3) is 0 Å². The minimum Gasteiger partial charge on any atom is -0.463 e. The quantitative estimate of drug-likeness (QED) is 0.0738. The van der Waals surface area contributed by atoms with E-state index in [1.54, 1.807) is 0 Å². The summed E-state index contributed by atoms with van der Waals surface area (Å²) in [5, 5.41) is 5.00. The molecule has 4 aliphatic heterocycles. The molecule has 4 heterocycles. The van der Waals surface area contributed by atoms with Gasteiger partial charge in [0.2, 0.25) is 18.1 Å². The second-order valence-electron chi connectivity index (χ2n) is 19.8. The van der Waals surface area contributed by atoms with Crippen molar-refractivity contribution in [3.05, 3.63) is 0 Å². The first kappa shape index (κ1) is 71.8. The Kier molecular flexibility index (Phi) is 27.1. The first-order valence-corrected chi connectivity index (χ1v) is 26.7. The lowest BCUT2D eigenvalue weighted by molar-refractivity contribution is -0.379. The molecule has 2 amide bonds. The molecule has 0 bridgehead atoms. The maximum Gasteiger partial charge on any atom is 0.305 e. The molecule has 4 fully saturated rings. The molecule has 4 aliphatic rings. The number of rotatable bonds is 24. The number of hydrogen-bond acceptors (Lipinski definition) is 33. The van der Waals surface area contributed by atoms with Crippen LogP contribution in [0.15, 0.2) is 0 Å². The summed E-state index contributed by atoms with van der Waals surface area (Å²) in [7, 11) is 0. The molecule has 0 aromatic heterocycles. The minimum atomic E-state index is -2.19. The topological polar surface area (TPSA) is 438 Å². The van der Waals surface area contributed by atoms with E-state index in [-0.39, 0.29) is 0 Å². The van der Waals surface area contributed by atoms with Gasteiger partial charge in [-0.3, -0.25) is 67.1 Å². The summed E-state index contributed by atoms with van der Waals surface area (Å²) in [4.78, 5) is 179. The average molecular weight is 1250 g/mol. The molecule has 20 atom stereocenters. The van der Waals surface area contributed by atoms with Gasteiger partial charge in [-0.2, -0.15) is 0 Å². The third-order valence-corrected chi connectivity index (χ3v) is 12.3. The van der Waals surface area contributed by atoms with Crippen molar-refractivity contribution >= 4 is 83.4 Å². The van der Waals surface area contributed by atoms with Crippen LogP contribution in [0, 0.1) is 0 Å². The largest absolute Gasteiger partial charge is 0.463 e. The Labute approximate surface area is 496 Å². The van der Waals surface area contributed by atoms with Crippen molar-refractivity contribution in [2.75, 3.05) is 26.4 Å². The lowest BCUT2D eigenvalue weighted by Crippen LogP contribution is -2.71. The molecular formula is C52H72N2O33. The van der Waals surface area contributed by atoms with Crippen LogP contribution in [-0.2, 0) is 157 Å². The summed E-state index contributed by atoms with van der Waals surface area (Å²) >= 11 is 0. The van der Waals surface area contributed by atoms with Gasteiger partial charge in [0, 0.05) is 96.9 Å². The summed E-state index contributed by atoms with van der Waals surface area (Å²) in [6.45, 7) is 10.3. The number of nitrogens with one attached hydrogen (secondary N) is 2. The van der Waals surface area contributed by atoms with Gasteiger partial charge in [-0.25, -0.2) is 0 Å². The lowest BCUT2D eigenvalue weighted by Gasteiger charge is -2.51. The van der Waals surface area contributed by atoms with Gasteiger partial charge >= 0.3 is 71.6 Å². The highest BCUT2D eigenvalue weighted by atomic mass is 16.8. The van der Waals surface area contributed by atoms with Gasteiger partial charge in [-0.05, 0) is 0 Å². The maximum atomic E-state index is 13.3. The van der Waals surface area contributed by atoms with Crippen LogP contribution in [-0.4, -0.2) is 233 Å². The SMILES string of the molecule is CC(=O)N[C@H]1[C@H](O[C@H]2[C@H](OC(C)=O)[C@@H](NC(C)=O)C(OC(C)=O)O[C@@H]2COC(C)=O)O[C@H](COC(C)=O)[C@@H](O[C@@H]2O[C@H](COC(C)=O)[C@@H](O[C@@H]3O[C@H](COC(C)=O)[C@H](OC(C)=O)[C@H](OC(C)=O)[C@H]3OC(C)=O)[C@H](OC(C)=O)[C@H]2OC(C)=O)[C@@H]1OC(C)=O. The molecule has 4 saturated heterocycles. The Morgan fingerprint density at radius 3 is 0.793 bits per heavy atom. The van der Waals surface area contributed by atoms with Gasteiger partial charge in [0.25, 0.3) is 0 Å². The summed E-state index contributed by atoms with van der Waals surface area (Å²) < 4.78 is 111. The molecule has 488 valence electrons. The zero-order chi connectivity index (χ0) is 65.3. The van der Waals surface area contributed by atoms with Gasteiger partial charge < -0.3 is 101 Å². The van der Waals surface area contributed by atoms with E-state index in [9.17, 15) is 67.1 Å². The predicted octanol–water partition coefficient (Wildman–Crippen LogP) is -2.61. The molecule has 1 unspecified atom stereocenters. The third-order valence-electron chi connectivity index (χ3n) is 12.3. The maximum absolute atomic E-state index is 13.3. The first-order chi connectivity index (χ1) is 40.6. The second kappa shape index (κ2) is 32.9. The third kappa shape index (κ3) is 21.9. The summed E-state index contributed by atoms with van der Waals surface area (Å²) in [5.74, 6) is -13.8. The Balaban J connectivity index is 1.99. The van der Waals surface area contributed by atoms with Crippen molar-refractivity contribution in [3.8, 4) is 0 Å². The fraction of sp³-hybridized carbons (Fsp3) is 0.731. The van der Waals surface area contributed by atoms with Gasteiger partial charge in [0.05, 0.1) is 0 Å². The Morgan fingerprint density at radius 2 is 0.483 bits per heavy atom. The second-order valence-corrected chi connectivity index (χ2v) is 19.8. The highest BCUT2D eigenvalue weighted by Crippen LogP contribution is 2.39. The van der Waals surface area contributed by atoms with Crippen LogP contribution in [0.5, 0.6) is 0 Å². The molecule has 0 spiro atoms.